The third-order valence-corrected chi connectivity index (χ3v) is 4.81. The summed E-state index contributed by atoms with van der Waals surface area (Å²) < 4.78 is 0. The molecule has 1 amide bonds. The second-order valence-corrected chi connectivity index (χ2v) is 6.73. The van der Waals surface area contributed by atoms with E-state index in [1.165, 1.54) is 39.4 Å². The van der Waals surface area contributed by atoms with Crippen molar-refractivity contribution < 1.29 is 10.0 Å². The van der Waals surface area contributed by atoms with Crippen LogP contribution in [0.25, 0.3) is 17.0 Å². The SMILES string of the molecule is CC.CC.Cc1[nH]c2ccc(CCNCc3ccc(/C=C/C(=O)NO)cc3)cc2c1C. The highest BCUT2D eigenvalue weighted by atomic mass is 16.5. The van der Waals surface area contributed by atoms with Gasteiger partial charge in [0.05, 0.1) is 0 Å². The smallest absolute Gasteiger partial charge is 0.267 e. The number of H-pyrrole nitrogens is 1. The van der Waals surface area contributed by atoms with E-state index in [1.54, 1.807) is 11.6 Å². The van der Waals surface area contributed by atoms with E-state index in [0.29, 0.717) is 0 Å². The number of hydrogen-bond acceptors (Lipinski definition) is 3. The van der Waals surface area contributed by atoms with Crippen molar-refractivity contribution in [3.63, 3.8) is 0 Å². The normalized spacial score (nSPS) is 10.3. The molecule has 0 radical (unpaired) electrons. The van der Waals surface area contributed by atoms with Gasteiger partial charge in [-0.05, 0) is 67.3 Å². The van der Waals surface area contributed by atoms with E-state index >= 15 is 0 Å². The zero-order valence-electron chi connectivity index (χ0n) is 19.7. The Morgan fingerprint density at radius 3 is 2.29 bits per heavy atom. The maximum absolute atomic E-state index is 11.0. The third-order valence-electron chi connectivity index (χ3n) is 4.81. The Morgan fingerprint density at radius 2 is 1.65 bits per heavy atom. The summed E-state index contributed by atoms with van der Waals surface area (Å²) in [6.45, 7) is 14.0. The summed E-state index contributed by atoms with van der Waals surface area (Å²) in [6.07, 6.45) is 3.93. The summed E-state index contributed by atoms with van der Waals surface area (Å²) in [5.41, 5.74) is 8.76. The topological polar surface area (TPSA) is 77.2 Å². The predicted molar refractivity (Wildman–Crippen MR) is 131 cm³/mol. The van der Waals surface area contributed by atoms with Gasteiger partial charge in [0.1, 0.15) is 0 Å². The minimum absolute atomic E-state index is 0.538. The summed E-state index contributed by atoms with van der Waals surface area (Å²) in [5.74, 6) is -0.538. The van der Waals surface area contributed by atoms with E-state index in [2.05, 4.69) is 42.3 Å². The average Bonchev–Trinajstić information content (AvgIpc) is 3.11. The van der Waals surface area contributed by atoms with Crippen molar-refractivity contribution in [3.05, 3.63) is 76.5 Å². The van der Waals surface area contributed by atoms with Gasteiger partial charge >= 0.3 is 0 Å². The molecule has 5 nitrogen and oxygen atoms in total. The van der Waals surface area contributed by atoms with Crippen LogP contribution in [0.3, 0.4) is 0 Å². The highest BCUT2D eigenvalue weighted by Gasteiger charge is 2.04. The quantitative estimate of drug-likeness (QED) is 0.171. The Bertz CT molecular complexity index is 957. The van der Waals surface area contributed by atoms with Crippen molar-refractivity contribution in [1.82, 2.24) is 15.8 Å². The number of carbonyl (C=O) groups excluding carboxylic acids is 1. The Balaban J connectivity index is 0.00000113. The molecule has 5 heteroatoms. The summed E-state index contributed by atoms with van der Waals surface area (Å²) >= 11 is 0. The van der Waals surface area contributed by atoms with E-state index in [4.69, 9.17) is 5.21 Å². The van der Waals surface area contributed by atoms with Crippen molar-refractivity contribution in [1.29, 1.82) is 0 Å². The first-order valence-corrected chi connectivity index (χ1v) is 11.1. The minimum Gasteiger partial charge on any atom is -0.358 e. The first-order chi connectivity index (χ1) is 15.1. The van der Waals surface area contributed by atoms with Gasteiger partial charge in [-0.15, -0.1) is 0 Å². The molecule has 0 unspecified atom stereocenters. The van der Waals surface area contributed by atoms with E-state index in [9.17, 15) is 4.79 Å². The lowest BCUT2D eigenvalue weighted by Crippen LogP contribution is -2.16. The van der Waals surface area contributed by atoms with Crippen molar-refractivity contribution in [2.24, 2.45) is 0 Å². The zero-order chi connectivity index (χ0) is 23.2. The van der Waals surface area contributed by atoms with Gasteiger partial charge in [-0.2, -0.15) is 0 Å². The van der Waals surface area contributed by atoms with E-state index in [1.807, 2.05) is 52.0 Å². The van der Waals surface area contributed by atoms with E-state index in [0.717, 1.165) is 25.1 Å². The molecule has 0 atom stereocenters. The molecule has 3 rings (SSSR count). The van der Waals surface area contributed by atoms with Crippen LogP contribution < -0.4 is 10.8 Å². The van der Waals surface area contributed by atoms with Gasteiger partial charge in [-0.3, -0.25) is 10.0 Å². The van der Waals surface area contributed by atoms with Crippen LogP contribution in [0.5, 0.6) is 0 Å². The average molecular weight is 424 g/mol. The molecular formula is C26H37N3O2. The first kappa shape index (κ1) is 26.1. The lowest BCUT2D eigenvalue weighted by Gasteiger charge is -2.06. The number of rotatable bonds is 7. The number of aromatic nitrogens is 1. The predicted octanol–water partition coefficient (Wildman–Crippen LogP) is 5.69. The number of aryl methyl sites for hydroxylation is 2. The van der Waals surface area contributed by atoms with Crippen LogP contribution in [0.4, 0.5) is 0 Å². The number of fused-ring (bicyclic) bond motifs is 1. The van der Waals surface area contributed by atoms with Crippen molar-refractivity contribution in [2.75, 3.05) is 6.54 Å². The van der Waals surface area contributed by atoms with Crippen LogP contribution in [0, 0.1) is 13.8 Å². The van der Waals surface area contributed by atoms with Gasteiger partial charge < -0.3 is 10.3 Å². The van der Waals surface area contributed by atoms with Gasteiger partial charge in [0, 0.05) is 29.2 Å². The number of hydroxylamine groups is 1. The molecule has 0 fully saturated rings. The van der Waals surface area contributed by atoms with Crippen LogP contribution >= 0.6 is 0 Å². The summed E-state index contributed by atoms with van der Waals surface area (Å²) in [4.78, 5) is 14.4. The fourth-order valence-electron chi connectivity index (χ4n) is 3.09. The maximum Gasteiger partial charge on any atom is 0.267 e. The molecule has 31 heavy (non-hydrogen) atoms. The van der Waals surface area contributed by atoms with Crippen LogP contribution in [0.15, 0.2) is 48.5 Å². The van der Waals surface area contributed by atoms with Gasteiger partial charge in [-0.25, -0.2) is 5.48 Å². The highest BCUT2D eigenvalue weighted by molar-refractivity contribution is 5.90. The zero-order valence-corrected chi connectivity index (χ0v) is 19.7. The molecule has 0 saturated carbocycles. The number of nitrogens with one attached hydrogen (secondary N) is 3. The van der Waals surface area contributed by atoms with E-state index < -0.39 is 5.91 Å². The van der Waals surface area contributed by atoms with Crippen LogP contribution in [-0.4, -0.2) is 22.6 Å². The van der Waals surface area contributed by atoms with Crippen molar-refractivity contribution in [2.45, 2.75) is 54.5 Å². The molecular weight excluding hydrogens is 386 g/mol. The largest absolute Gasteiger partial charge is 0.358 e. The molecule has 4 N–H and O–H groups in total. The number of benzene rings is 2. The molecule has 0 aliphatic rings. The summed E-state index contributed by atoms with van der Waals surface area (Å²) in [7, 11) is 0. The van der Waals surface area contributed by atoms with Gasteiger partial charge in [-0.1, -0.05) is 58.0 Å². The van der Waals surface area contributed by atoms with Crippen molar-refractivity contribution in [3.8, 4) is 0 Å². The first-order valence-electron chi connectivity index (χ1n) is 11.1. The number of hydrogen-bond donors (Lipinski definition) is 4. The molecule has 168 valence electrons. The van der Waals surface area contributed by atoms with Gasteiger partial charge in [0.15, 0.2) is 0 Å². The molecule has 3 aromatic rings. The maximum atomic E-state index is 11.0. The second kappa shape index (κ2) is 14.2. The number of aromatic amines is 1. The second-order valence-electron chi connectivity index (χ2n) is 6.73. The van der Waals surface area contributed by atoms with Crippen LogP contribution in [0.1, 0.15) is 55.6 Å². The monoisotopic (exact) mass is 423 g/mol. The Morgan fingerprint density at radius 1 is 1.00 bits per heavy atom. The van der Waals surface area contributed by atoms with E-state index in [-0.39, 0.29) is 0 Å². The summed E-state index contributed by atoms with van der Waals surface area (Å²) in [5, 5.41) is 13.2. The van der Waals surface area contributed by atoms with Crippen LogP contribution in [-0.2, 0) is 17.8 Å². The highest BCUT2D eigenvalue weighted by Crippen LogP contribution is 2.22. The van der Waals surface area contributed by atoms with Crippen molar-refractivity contribution >= 4 is 22.9 Å². The molecule has 0 aliphatic carbocycles. The molecule has 2 aromatic carbocycles. The number of carbonyl (C=O) groups is 1. The Kier molecular flexibility index (Phi) is 12.0. The van der Waals surface area contributed by atoms with Gasteiger partial charge in [0.2, 0.25) is 0 Å². The molecule has 1 aromatic heterocycles. The Labute approximate surface area is 186 Å². The Hall–Kier alpha value is -2.89. The minimum atomic E-state index is -0.538. The fourth-order valence-corrected chi connectivity index (χ4v) is 3.09. The van der Waals surface area contributed by atoms with Crippen LogP contribution in [0.2, 0.25) is 0 Å². The molecule has 0 bridgehead atoms. The van der Waals surface area contributed by atoms with Gasteiger partial charge in [0.25, 0.3) is 5.91 Å². The lowest BCUT2D eigenvalue weighted by molar-refractivity contribution is -0.124. The molecule has 0 spiro atoms. The third kappa shape index (κ3) is 8.04. The molecule has 0 saturated heterocycles. The number of amides is 1. The fraction of sp³-hybridized carbons (Fsp3) is 0.346. The molecule has 0 aliphatic heterocycles. The lowest BCUT2D eigenvalue weighted by atomic mass is 10.1. The summed E-state index contributed by atoms with van der Waals surface area (Å²) in [6, 6.07) is 14.6. The standard InChI is InChI=1S/C22H25N3O2.2C2H6/c1-15-16(2)24-21-9-7-18(13-20(15)21)11-12-23-14-19-5-3-17(4-6-19)8-10-22(26)25-27;2*1-2/h3-10,13,23-24,27H,11-12,14H2,1-2H3,(H,25,26);2*1-2H3/b10-8+;;. The molecule has 1 heterocycles.